The van der Waals surface area contributed by atoms with Gasteiger partial charge < -0.3 is 5.32 Å². The molecule has 0 amide bonds. The first-order chi connectivity index (χ1) is 9.42. The molecule has 2 atom stereocenters. The van der Waals surface area contributed by atoms with Gasteiger partial charge in [-0.1, -0.05) is 13.8 Å². The number of rotatable bonds is 5. The van der Waals surface area contributed by atoms with E-state index in [4.69, 9.17) is 0 Å². The van der Waals surface area contributed by atoms with Gasteiger partial charge in [0.05, 0.1) is 0 Å². The van der Waals surface area contributed by atoms with Crippen LogP contribution < -0.4 is 5.32 Å². The molecule has 4 nitrogen and oxygen atoms in total. The van der Waals surface area contributed by atoms with Crippen molar-refractivity contribution < 1.29 is 0 Å². The summed E-state index contributed by atoms with van der Waals surface area (Å²) in [6, 6.07) is 2.13. The largest absolute Gasteiger partial charge is 0.308 e. The molecule has 0 spiro atoms. The highest BCUT2D eigenvalue weighted by atomic mass is 15.3. The maximum Gasteiger partial charge on any atom is 0.0492 e. The molecule has 0 saturated carbocycles. The maximum atomic E-state index is 4.27. The van der Waals surface area contributed by atoms with Crippen molar-refractivity contribution >= 4 is 0 Å². The van der Waals surface area contributed by atoms with Crippen LogP contribution in [0.2, 0.25) is 0 Å². The van der Waals surface area contributed by atoms with Gasteiger partial charge in [0.15, 0.2) is 0 Å². The van der Waals surface area contributed by atoms with E-state index in [1.54, 1.807) is 0 Å². The van der Waals surface area contributed by atoms with Crippen LogP contribution in [0.1, 0.15) is 46.2 Å². The zero-order chi connectivity index (χ0) is 14.8. The molecule has 1 fully saturated rings. The number of piperazine rings is 1. The summed E-state index contributed by atoms with van der Waals surface area (Å²) in [6.45, 7) is 12.6. The van der Waals surface area contributed by atoms with Gasteiger partial charge in [0.25, 0.3) is 0 Å². The predicted molar refractivity (Wildman–Crippen MR) is 83.9 cm³/mol. The summed E-state index contributed by atoms with van der Waals surface area (Å²) in [5.74, 6) is 0. The Morgan fingerprint density at radius 3 is 2.60 bits per heavy atom. The standard InChI is InChI=1S/C16H30N4/c1-6-15(3)13-20(16(4,7-2)12-17-15)11-9-14-8-10-18-19(14)5/h8,10,17H,6-7,9,11-13H2,1-5H3. The summed E-state index contributed by atoms with van der Waals surface area (Å²) in [5, 5.41) is 8.03. The second kappa shape index (κ2) is 5.86. The molecular weight excluding hydrogens is 248 g/mol. The molecule has 1 aliphatic heterocycles. The lowest BCUT2D eigenvalue weighted by Gasteiger charge is -2.52. The van der Waals surface area contributed by atoms with Crippen LogP contribution in [-0.4, -0.2) is 45.4 Å². The molecule has 1 N–H and O–H groups in total. The Hall–Kier alpha value is -0.870. The van der Waals surface area contributed by atoms with E-state index >= 15 is 0 Å². The highest BCUT2D eigenvalue weighted by molar-refractivity contribution is 5.04. The van der Waals surface area contributed by atoms with Gasteiger partial charge in [-0.25, -0.2) is 0 Å². The van der Waals surface area contributed by atoms with Crippen LogP contribution >= 0.6 is 0 Å². The SMILES string of the molecule is CCC1(C)CN(CCc2ccnn2C)C(C)(CC)CN1. The summed E-state index contributed by atoms with van der Waals surface area (Å²) < 4.78 is 1.99. The van der Waals surface area contributed by atoms with Gasteiger partial charge in [-0.2, -0.15) is 5.10 Å². The van der Waals surface area contributed by atoms with Gasteiger partial charge in [-0.3, -0.25) is 9.58 Å². The Kier molecular flexibility index (Phi) is 4.55. The third-order valence-corrected chi connectivity index (χ3v) is 5.30. The number of nitrogens with one attached hydrogen (secondary N) is 1. The topological polar surface area (TPSA) is 33.1 Å². The maximum absolute atomic E-state index is 4.27. The molecule has 114 valence electrons. The van der Waals surface area contributed by atoms with E-state index in [0.29, 0.717) is 0 Å². The highest BCUT2D eigenvalue weighted by Gasteiger charge is 2.40. The van der Waals surface area contributed by atoms with Crippen LogP contribution in [0.5, 0.6) is 0 Å². The lowest BCUT2D eigenvalue weighted by atomic mass is 9.85. The van der Waals surface area contributed by atoms with Crippen LogP contribution in [0.15, 0.2) is 12.3 Å². The fraction of sp³-hybridized carbons (Fsp3) is 0.812. The first kappa shape index (κ1) is 15.5. The summed E-state index contributed by atoms with van der Waals surface area (Å²) in [4.78, 5) is 2.68. The smallest absolute Gasteiger partial charge is 0.0492 e. The first-order valence-corrected chi connectivity index (χ1v) is 7.89. The Morgan fingerprint density at radius 1 is 1.30 bits per heavy atom. The van der Waals surface area contributed by atoms with Crippen LogP contribution in [-0.2, 0) is 13.5 Å². The molecule has 1 aromatic heterocycles. The summed E-state index contributed by atoms with van der Waals surface area (Å²) in [7, 11) is 2.03. The first-order valence-electron chi connectivity index (χ1n) is 7.89. The van der Waals surface area contributed by atoms with Crippen LogP contribution in [0.4, 0.5) is 0 Å². The zero-order valence-corrected chi connectivity index (χ0v) is 13.7. The Bertz CT molecular complexity index is 441. The van der Waals surface area contributed by atoms with Gasteiger partial charge in [0, 0.05) is 56.1 Å². The number of nitrogens with zero attached hydrogens (tertiary/aromatic N) is 3. The van der Waals surface area contributed by atoms with E-state index in [2.05, 4.69) is 49.1 Å². The van der Waals surface area contributed by atoms with Crippen LogP contribution in [0.25, 0.3) is 0 Å². The number of hydrogen-bond donors (Lipinski definition) is 1. The average Bonchev–Trinajstić information content (AvgIpc) is 2.86. The third kappa shape index (κ3) is 3.07. The lowest BCUT2D eigenvalue weighted by molar-refractivity contribution is 0.0177. The number of aromatic nitrogens is 2. The fourth-order valence-corrected chi connectivity index (χ4v) is 3.01. The Labute approximate surface area is 123 Å². The molecule has 4 heteroatoms. The minimum atomic E-state index is 0.251. The van der Waals surface area contributed by atoms with Gasteiger partial charge in [0.1, 0.15) is 0 Å². The van der Waals surface area contributed by atoms with Crippen molar-refractivity contribution in [1.29, 1.82) is 0 Å². The van der Waals surface area contributed by atoms with Crippen molar-refractivity contribution in [2.75, 3.05) is 19.6 Å². The van der Waals surface area contributed by atoms with E-state index in [-0.39, 0.29) is 11.1 Å². The van der Waals surface area contributed by atoms with Crippen molar-refractivity contribution in [2.45, 2.75) is 58.0 Å². The second-order valence-electron chi connectivity index (χ2n) is 6.74. The molecule has 1 aromatic rings. The van der Waals surface area contributed by atoms with Crippen molar-refractivity contribution in [2.24, 2.45) is 7.05 Å². The van der Waals surface area contributed by atoms with Gasteiger partial charge >= 0.3 is 0 Å². The summed E-state index contributed by atoms with van der Waals surface area (Å²) in [5.41, 5.74) is 1.84. The van der Waals surface area contributed by atoms with E-state index in [1.807, 2.05) is 17.9 Å². The van der Waals surface area contributed by atoms with E-state index in [0.717, 1.165) is 26.1 Å². The molecule has 2 heterocycles. The quantitative estimate of drug-likeness (QED) is 0.896. The number of aryl methyl sites for hydroxylation is 1. The normalized spacial score (nSPS) is 31.6. The molecule has 0 aromatic carbocycles. The van der Waals surface area contributed by atoms with Gasteiger partial charge in [0.2, 0.25) is 0 Å². The predicted octanol–water partition coefficient (Wildman–Crippen LogP) is 2.21. The zero-order valence-electron chi connectivity index (χ0n) is 13.7. The average molecular weight is 278 g/mol. The van der Waals surface area contributed by atoms with Crippen molar-refractivity contribution in [3.63, 3.8) is 0 Å². The Morgan fingerprint density at radius 2 is 2.05 bits per heavy atom. The summed E-state index contributed by atoms with van der Waals surface area (Å²) in [6.07, 6.45) is 5.33. The second-order valence-corrected chi connectivity index (χ2v) is 6.74. The lowest BCUT2D eigenvalue weighted by Crippen LogP contribution is -2.68. The van der Waals surface area contributed by atoms with Gasteiger partial charge in [-0.15, -0.1) is 0 Å². The molecule has 1 aliphatic rings. The minimum absolute atomic E-state index is 0.251. The molecular formula is C16H30N4. The molecule has 20 heavy (non-hydrogen) atoms. The number of hydrogen-bond acceptors (Lipinski definition) is 3. The molecule has 2 unspecified atom stereocenters. The van der Waals surface area contributed by atoms with Crippen molar-refractivity contribution in [1.82, 2.24) is 20.0 Å². The van der Waals surface area contributed by atoms with E-state index in [1.165, 1.54) is 18.5 Å². The molecule has 1 saturated heterocycles. The van der Waals surface area contributed by atoms with E-state index in [9.17, 15) is 0 Å². The van der Waals surface area contributed by atoms with E-state index < -0.39 is 0 Å². The van der Waals surface area contributed by atoms with Crippen LogP contribution in [0.3, 0.4) is 0 Å². The van der Waals surface area contributed by atoms with Crippen molar-refractivity contribution in [3.8, 4) is 0 Å². The highest BCUT2D eigenvalue weighted by Crippen LogP contribution is 2.28. The monoisotopic (exact) mass is 278 g/mol. The fourth-order valence-electron chi connectivity index (χ4n) is 3.01. The van der Waals surface area contributed by atoms with Crippen molar-refractivity contribution in [3.05, 3.63) is 18.0 Å². The van der Waals surface area contributed by atoms with Gasteiger partial charge in [-0.05, 0) is 32.8 Å². The third-order valence-electron chi connectivity index (χ3n) is 5.30. The molecule has 2 rings (SSSR count). The summed E-state index contributed by atoms with van der Waals surface area (Å²) >= 11 is 0. The van der Waals surface area contributed by atoms with Crippen LogP contribution in [0, 0.1) is 0 Å². The Balaban J connectivity index is 2.06. The molecule has 0 aliphatic carbocycles. The minimum Gasteiger partial charge on any atom is -0.308 e. The molecule has 0 bridgehead atoms. The molecule has 0 radical (unpaired) electrons.